The van der Waals surface area contributed by atoms with Crippen LogP contribution in [0.1, 0.15) is 54.1 Å². The molecule has 1 aliphatic heterocycles. The molecular formula is C25H31ClN6O2. The van der Waals surface area contributed by atoms with Crippen LogP contribution in [0.4, 0.5) is 5.82 Å². The minimum atomic E-state index is -0.328. The SMILES string of the molecule is Cc1cc(C(=O)Nc2cnc(CN3CCCC3)cn2)nn1Cc1cc(Cl)ccc1OCC(C)C. The summed E-state index contributed by atoms with van der Waals surface area (Å²) in [4.78, 5) is 23.9. The molecule has 0 spiro atoms. The fraction of sp³-hybridized carbons (Fsp3) is 0.440. The Morgan fingerprint density at radius 1 is 1.15 bits per heavy atom. The molecule has 180 valence electrons. The third-order valence-corrected chi connectivity index (χ3v) is 5.89. The van der Waals surface area contributed by atoms with Gasteiger partial charge in [-0.15, -0.1) is 0 Å². The lowest BCUT2D eigenvalue weighted by Gasteiger charge is -2.14. The number of nitrogens with one attached hydrogen (secondary N) is 1. The summed E-state index contributed by atoms with van der Waals surface area (Å²) in [5, 5.41) is 7.92. The largest absolute Gasteiger partial charge is 0.493 e. The molecule has 4 rings (SSSR count). The van der Waals surface area contributed by atoms with Crippen LogP contribution >= 0.6 is 11.6 Å². The first kappa shape index (κ1) is 24.2. The van der Waals surface area contributed by atoms with Crippen molar-refractivity contribution in [1.29, 1.82) is 0 Å². The van der Waals surface area contributed by atoms with Gasteiger partial charge in [-0.3, -0.25) is 19.4 Å². The predicted molar refractivity (Wildman–Crippen MR) is 132 cm³/mol. The van der Waals surface area contributed by atoms with E-state index < -0.39 is 0 Å². The summed E-state index contributed by atoms with van der Waals surface area (Å²) in [5.74, 6) is 1.25. The Morgan fingerprint density at radius 3 is 2.65 bits per heavy atom. The minimum absolute atomic E-state index is 0.312. The number of hydrogen-bond acceptors (Lipinski definition) is 6. The maximum atomic E-state index is 12.8. The molecule has 1 amide bonds. The second kappa shape index (κ2) is 11.0. The van der Waals surface area contributed by atoms with E-state index in [2.05, 4.69) is 39.1 Å². The van der Waals surface area contributed by atoms with Gasteiger partial charge < -0.3 is 10.1 Å². The summed E-state index contributed by atoms with van der Waals surface area (Å²) < 4.78 is 7.72. The van der Waals surface area contributed by atoms with E-state index in [9.17, 15) is 4.79 Å². The van der Waals surface area contributed by atoms with Crippen LogP contribution in [0, 0.1) is 12.8 Å². The van der Waals surface area contributed by atoms with Gasteiger partial charge in [0.1, 0.15) is 5.75 Å². The third-order valence-electron chi connectivity index (χ3n) is 5.66. The molecule has 0 unspecified atom stereocenters. The maximum absolute atomic E-state index is 12.8. The first-order valence-corrected chi connectivity index (χ1v) is 12.1. The van der Waals surface area contributed by atoms with Crippen LogP contribution in [-0.4, -0.2) is 50.3 Å². The van der Waals surface area contributed by atoms with Crippen molar-refractivity contribution in [1.82, 2.24) is 24.6 Å². The average Bonchev–Trinajstić information content (AvgIpc) is 3.44. The van der Waals surface area contributed by atoms with Crippen molar-refractivity contribution < 1.29 is 9.53 Å². The van der Waals surface area contributed by atoms with Gasteiger partial charge in [0.15, 0.2) is 11.5 Å². The van der Waals surface area contributed by atoms with E-state index in [1.165, 1.54) is 12.8 Å². The molecule has 8 nitrogen and oxygen atoms in total. The fourth-order valence-electron chi connectivity index (χ4n) is 3.86. The van der Waals surface area contributed by atoms with Crippen LogP contribution in [-0.2, 0) is 13.1 Å². The Balaban J connectivity index is 1.41. The Labute approximate surface area is 205 Å². The number of nitrogens with zero attached hydrogens (tertiary/aromatic N) is 5. The number of likely N-dealkylation sites (tertiary alicyclic amines) is 1. The number of benzene rings is 1. The molecule has 34 heavy (non-hydrogen) atoms. The van der Waals surface area contributed by atoms with Crippen LogP contribution in [0.5, 0.6) is 5.75 Å². The van der Waals surface area contributed by atoms with Gasteiger partial charge in [0.25, 0.3) is 5.91 Å². The van der Waals surface area contributed by atoms with E-state index >= 15 is 0 Å². The zero-order valence-corrected chi connectivity index (χ0v) is 20.7. The van der Waals surface area contributed by atoms with E-state index in [0.717, 1.165) is 42.3 Å². The number of rotatable bonds is 9. The molecule has 3 aromatic rings. The maximum Gasteiger partial charge on any atom is 0.277 e. The molecule has 2 aromatic heterocycles. The number of ether oxygens (including phenoxy) is 1. The highest BCUT2D eigenvalue weighted by atomic mass is 35.5. The van der Waals surface area contributed by atoms with Crippen LogP contribution in [0.25, 0.3) is 0 Å². The smallest absolute Gasteiger partial charge is 0.277 e. The number of carbonyl (C=O) groups excluding carboxylic acids is 1. The summed E-state index contributed by atoms with van der Waals surface area (Å²) in [6, 6.07) is 7.31. The lowest BCUT2D eigenvalue weighted by Crippen LogP contribution is -2.19. The van der Waals surface area contributed by atoms with E-state index in [1.54, 1.807) is 23.1 Å². The van der Waals surface area contributed by atoms with Crippen LogP contribution in [0.3, 0.4) is 0 Å². The molecule has 0 bridgehead atoms. The van der Waals surface area contributed by atoms with E-state index in [-0.39, 0.29) is 5.91 Å². The van der Waals surface area contributed by atoms with Crippen molar-refractivity contribution >= 4 is 23.3 Å². The van der Waals surface area contributed by atoms with Crippen molar-refractivity contribution in [3.8, 4) is 5.75 Å². The predicted octanol–water partition coefficient (Wildman–Crippen LogP) is 4.57. The Bertz CT molecular complexity index is 1120. The molecule has 1 fully saturated rings. The van der Waals surface area contributed by atoms with Gasteiger partial charge in [-0.2, -0.15) is 5.10 Å². The third kappa shape index (κ3) is 6.33. The molecule has 1 aromatic carbocycles. The number of hydrogen-bond donors (Lipinski definition) is 1. The lowest BCUT2D eigenvalue weighted by molar-refractivity contribution is 0.102. The molecule has 3 heterocycles. The van der Waals surface area contributed by atoms with Gasteiger partial charge in [0, 0.05) is 22.8 Å². The van der Waals surface area contributed by atoms with E-state index in [4.69, 9.17) is 16.3 Å². The molecule has 1 N–H and O–H groups in total. The zero-order valence-electron chi connectivity index (χ0n) is 19.9. The molecule has 0 radical (unpaired) electrons. The van der Waals surface area contributed by atoms with Crippen LogP contribution < -0.4 is 10.1 Å². The zero-order chi connectivity index (χ0) is 24.1. The van der Waals surface area contributed by atoms with Gasteiger partial charge in [-0.1, -0.05) is 25.4 Å². The standard InChI is InChI=1S/C25H31ClN6O2/c1-17(2)16-34-23-7-6-20(26)11-19(23)14-32-18(3)10-22(30-32)25(33)29-24-13-27-21(12-28-24)15-31-8-4-5-9-31/h6-7,10-13,17H,4-5,8-9,14-16H2,1-3H3,(H,28,29,33). The molecular weight excluding hydrogens is 452 g/mol. The number of aromatic nitrogens is 4. The molecule has 1 saturated heterocycles. The highest BCUT2D eigenvalue weighted by Crippen LogP contribution is 2.25. The van der Waals surface area contributed by atoms with Crippen molar-refractivity contribution in [3.63, 3.8) is 0 Å². The summed E-state index contributed by atoms with van der Waals surface area (Å²) in [7, 11) is 0. The summed E-state index contributed by atoms with van der Waals surface area (Å²) in [6.07, 6.45) is 5.78. The quantitative estimate of drug-likeness (QED) is 0.481. The van der Waals surface area contributed by atoms with E-state index in [0.29, 0.717) is 35.6 Å². The topological polar surface area (TPSA) is 85.2 Å². The number of anilines is 1. The second-order valence-corrected chi connectivity index (χ2v) is 9.55. The van der Waals surface area contributed by atoms with Gasteiger partial charge in [0.2, 0.25) is 0 Å². The van der Waals surface area contributed by atoms with Crippen molar-refractivity contribution in [2.75, 3.05) is 25.0 Å². The Kier molecular flexibility index (Phi) is 7.80. The first-order valence-electron chi connectivity index (χ1n) is 11.7. The van der Waals surface area contributed by atoms with Crippen LogP contribution in [0.2, 0.25) is 5.02 Å². The highest BCUT2D eigenvalue weighted by molar-refractivity contribution is 6.30. The Hall–Kier alpha value is -2.97. The molecule has 0 atom stereocenters. The molecule has 9 heteroatoms. The normalized spacial score (nSPS) is 14.0. The minimum Gasteiger partial charge on any atom is -0.493 e. The highest BCUT2D eigenvalue weighted by Gasteiger charge is 2.16. The first-order chi connectivity index (χ1) is 16.4. The summed E-state index contributed by atoms with van der Waals surface area (Å²) >= 11 is 6.23. The number of halogens is 1. The van der Waals surface area contributed by atoms with Gasteiger partial charge in [0.05, 0.1) is 31.2 Å². The number of amides is 1. The average molecular weight is 483 g/mol. The number of aryl methyl sites for hydroxylation is 1. The number of carbonyl (C=O) groups is 1. The Morgan fingerprint density at radius 2 is 1.94 bits per heavy atom. The molecule has 0 aliphatic carbocycles. The summed E-state index contributed by atoms with van der Waals surface area (Å²) in [5.41, 5.74) is 2.97. The lowest BCUT2D eigenvalue weighted by atomic mass is 10.2. The van der Waals surface area contributed by atoms with Crippen LogP contribution in [0.15, 0.2) is 36.7 Å². The summed E-state index contributed by atoms with van der Waals surface area (Å²) in [6.45, 7) is 10.2. The van der Waals surface area contributed by atoms with Gasteiger partial charge >= 0.3 is 0 Å². The van der Waals surface area contributed by atoms with Crippen molar-refractivity contribution in [2.45, 2.75) is 46.7 Å². The molecule has 1 aliphatic rings. The molecule has 0 saturated carbocycles. The van der Waals surface area contributed by atoms with Gasteiger partial charge in [-0.25, -0.2) is 4.98 Å². The van der Waals surface area contributed by atoms with Crippen molar-refractivity contribution in [2.24, 2.45) is 5.92 Å². The monoisotopic (exact) mass is 482 g/mol. The fourth-order valence-corrected chi connectivity index (χ4v) is 4.06. The second-order valence-electron chi connectivity index (χ2n) is 9.12. The van der Waals surface area contributed by atoms with E-state index in [1.807, 2.05) is 25.1 Å². The van der Waals surface area contributed by atoms with Gasteiger partial charge in [-0.05, 0) is 63.0 Å². The van der Waals surface area contributed by atoms with Crippen molar-refractivity contribution in [3.05, 3.63) is 64.3 Å².